The van der Waals surface area contributed by atoms with Crippen LogP contribution in [0.15, 0.2) is 18.2 Å². The number of piperidine rings is 1. The lowest BCUT2D eigenvalue weighted by atomic mass is 10.1. The Labute approximate surface area is 126 Å². The van der Waals surface area contributed by atoms with Crippen molar-refractivity contribution in [1.29, 1.82) is 0 Å². The van der Waals surface area contributed by atoms with Gasteiger partial charge in [-0.3, -0.25) is 0 Å². The second-order valence-corrected chi connectivity index (χ2v) is 5.49. The molecule has 0 bridgehead atoms. The maximum atomic E-state index is 14.2. The maximum absolute atomic E-state index is 14.2. The largest absolute Gasteiger partial charge is 0.493 e. The van der Waals surface area contributed by atoms with E-state index in [4.69, 9.17) is 15.2 Å². The summed E-state index contributed by atoms with van der Waals surface area (Å²) in [5.74, 6) is 0.363. The smallest absolute Gasteiger partial charge is 0.150 e. The van der Waals surface area contributed by atoms with E-state index in [1.165, 1.54) is 6.07 Å². The predicted molar refractivity (Wildman–Crippen MR) is 82.4 cm³/mol. The van der Waals surface area contributed by atoms with Crippen molar-refractivity contribution in [3.8, 4) is 5.75 Å². The van der Waals surface area contributed by atoms with Gasteiger partial charge in [0, 0.05) is 38.9 Å². The molecule has 4 nitrogen and oxygen atoms in total. The third kappa shape index (κ3) is 4.86. The number of ether oxygens (including phenoxy) is 2. The first-order chi connectivity index (χ1) is 10.2. The van der Waals surface area contributed by atoms with Crippen LogP contribution in [-0.2, 0) is 4.74 Å². The molecule has 1 fully saturated rings. The molecule has 1 aliphatic heterocycles. The fraction of sp³-hybridized carbons (Fsp3) is 0.625. The van der Waals surface area contributed by atoms with E-state index in [0.29, 0.717) is 18.0 Å². The number of benzene rings is 1. The zero-order valence-electron chi connectivity index (χ0n) is 12.7. The zero-order chi connectivity index (χ0) is 15.1. The molecule has 0 saturated carbocycles. The SMILES string of the molecule is COCCCCOc1ccc(N2CCC(N)CC2)c(F)c1. The number of nitrogens with zero attached hydrogens (tertiary/aromatic N) is 1. The van der Waals surface area contributed by atoms with Crippen LogP contribution in [-0.4, -0.2) is 39.5 Å². The van der Waals surface area contributed by atoms with Crippen LogP contribution in [0.25, 0.3) is 0 Å². The van der Waals surface area contributed by atoms with Crippen LogP contribution in [0.4, 0.5) is 10.1 Å². The van der Waals surface area contributed by atoms with E-state index in [2.05, 4.69) is 4.90 Å². The monoisotopic (exact) mass is 296 g/mol. The van der Waals surface area contributed by atoms with Gasteiger partial charge in [-0.05, 0) is 37.8 Å². The van der Waals surface area contributed by atoms with E-state index in [1.807, 2.05) is 6.07 Å². The van der Waals surface area contributed by atoms with Crippen molar-refractivity contribution < 1.29 is 13.9 Å². The summed E-state index contributed by atoms with van der Waals surface area (Å²) >= 11 is 0. The summed E-state index contributed by atoms with van der Waals surface area (Å²) in [5, 5.41) is 0. The van der Waals surface area contributed by atoms with Gasteiger partial charge in [-0.15, -0.1) is 0 Å². The summed E-state index contributed by atoms with van der Waals surface area (Å²) in [6, 6.07) is 5.36. The molecule has 5 heteroatoms. The fourth-order valence-electron chi connectivity index (χ4n) is 2.51. The summed E-state index contributed by atoms with van der Waals surface area (Å²) in [6.07, 6.45) is 3.68. The molecule has 1 heterocycles. The van der Waals surface area contributed by atoms with Gasteiger partial charge in [-0.2, -0.15) is 0 Å². The van der Waals surface area contributed by atoms with Gasteiger partial charge in [-0.25, -0.2) is 4.39 Å². The molecule has 1 aliphatic rings. The van der Waals surface area contributed by atoms with Crippen LogP contribution in [0, 0.1) is 5.82 Å². The minimum absolute atomic E-state index is 0.222. The van der Waals surface area contributed by atoms with Gasteiger partial charge in [0.15, 0.2) is 0 Å². The Balaban J connectivity index is 1.85. The van der Waals surface area contributed by atoms with Crippen molar-refractivity contribution in [2.75, 3.05) is 38.3 Å². The second-order valence-electron chi connectivity index (χ2n) is 5.49. The van der Waals surface area contributed by atoms with E-state index >= 15 is 0 Å². The highest BCUT2D eigenvalue weighted by Crippen LogP contribution is 2.26. The lowest BCUT2D eigenvalue weighted by Gasteiger charge is -2.32. The molecular formula is C16H25FN2O2. The number of unbranched alkanes of at least 4 members (excludes halogenated alkanes) is 1. The van der Waals surface area contributed by atoms with Crippen LogP contribution in [0.5, 0.6) is 5.75 Å². The van der Waals surface area contributed by atoms with Crippen molar-refractivity contribution in [3.63, 3.8) is 0 Å². The summed E-state index contributed by atoms with van der Waals surface area (Å²) < 4.78 is 24.7. The minimum atomic E-state index is -0.222. The average Bonchev–Trinajstić information content (AvgIpc) is 2.48. The van der Waals surface area contributed by atoms with Crippen molar-refractivity contribution in [2.45, 2.75) is 31.7 Å². The number of nitrogens with two attached hydrogens (primary N) is 1. The first-order valence-electron chi connectivity index (χ1n) is 7.62. The Morgan fingerprint density at radius 1 is 1.24 bits per heavy atom. The molecule has 2 rings (SSSR count). The molecule has 118 valence electrons. The van der Waals surface area contributed by atoms with Gasteiger partial charge in [0.1, 0.15) is 11.6 Å². The van der Waals surface area contributed by atoms with Gasteiger partial charge >= 0.3 is 0 Å². The first kappa shape index (κ1) is 16.0. The number of rotatable bonds is 7. The molecule has 0 aromatic heterocycles. The van der Waals surface area contributed by atoms with Crippen LogP contribution in [0.3, 0.4) is 0 Å². The molecule has 1 aromatic rings. The molecule has 0 amide bonds. The highest BCUT2D eigenvalue weighted by Gasteiger charge is 2.19. The fourth-order valence-corrected chi connectivity index (χ4v) is 2.51. The molecule has 0 atom stereocenters. The number of hydrogen-bond donors (Lipinski definition) is 1. The van der Waals surface area contributed by atoms with Crippen molar-refractivity contribution in [1.82, 2.24) is 0 Å². The molecule has 1 saturated heterocycles. The van der Waals surface area contributed by atoms with Crippen molar-refractivity contribution in [3.05, 3.63) is 24.0 Å². The summed E-state index contributed by atoms with van der Waals surface area (Å²) in [5.41, 5.74) is 6.52. The molecule has 1 aromatic carbocycles. The van der Waals surface area contributed by atoms with Gasteiger partial charge < -0.3 is 20.1 Å². The second kappa shape index (κ2) is 8.20. The van der Waals surface area contributed by atoms with Gasteiger partial charge in [-0.1, -0.05) is 0 Å². The average molecular weight is 296 g/mol. The lowest BCUT2D eigenvalue weighted by Crippen LogP contribution is -2.40. The van der Waals surface area contributed by atoms with Crippen molar-refractivity contribution in [2.24, 2.45) is 5.73 Å². The van der Waals surface area contributed by atoms with E-state index in [0.717, 1.165) is 45.4 Å². The Morgan fingerprint density at radius 3 is 2.62 bits per heavy atom. The molecule has 2 N–H and O–H groups in total. The molecule has 21 heavy (non-hydrogen) atoms. The molecule has 0 aliphatic carbocycles. The standard InChI is InChI=1S/C16H25FN2O2/c1-20-10-2-3-11-21-14-4-5-16(15(17)12-14)19-8-6-13(18)7-9-19/h4-5,12-13H,2-3,6-11,18H2,1H3. The van der Waals surface area contributed by atoms with Crippen molar-refractivity contribution >= 4 is 5.69 Å². The molecule has 0 unspecified atom stereocenters. The number of hydrogen-bond acceptors (Lipinski definition) is 4. The molecule has 0 spiro atoms. The topological polar surface area (TPSA) is 47.7 Å². The third-order valence-corrected chi connectivity index (χ3v) is 3.81. The number of methoxy groups -OCH3 is 1. The predicted octanol–water partition coefficient (Wildman–Crippen LogP) is 2.56. The zero-order valence-corrected chi connectivity index (χ0v) is 12.7. The minimum Gasteiger partial charge on any atom is -0.493 e. The van der Waals surface area contributed by atoms with E-state index in [1.54, 1.807) is 13.2 Å². The van der Waals surface area contributed by atoms with Gasteiger partial charge in [0.05, 0.1) is 12.3 Å². The Hall–Kier alpha value is -1.33. The highest BCUT2D eigenvalue weighted by molar-refractivity contribution is 5.51. The first-order valence-corrected chi connectivity index (χ1v) is 7.62. The molecular weight excluding hydrogens is 271 g/mol. The maximum Gasteiger partial charge on any atom is 0.150 e. The van der Waals surface area contributed by atoms with E-state index in [9.17, 15) is 4.39 Å². The number of anilines is 1. The van der Waals surface area contributed by atoms with Crippen LogP contribution in [0.2, 0.25) is 0 Å². The summed E-state index contributed by atoms with van der Waals surface area (Å²) in [6.45, 7) is 2.94. The summed E-state index contributed by atoms with van der Waals surface area (Å²) in [7, 11) is 1.68. The number of halogens is 1. The van der Waals surface area contributed by atoms with Gasteiger partial charge in [0.25, 0.3) is 0 Å². The summed E-state index contributed by atoms with van der Waals surface area (Å²) in [4.78, 5) is 2.06. The quantitative estimate of drug-likeness (QED) is 0.786. The van der Waals surface area contributed by atoms with E-state index < -0.39 is 0 Å². The Bertz CT molecular complexity index is 434. The lowest BCUT2D eigenvalue weighted by molar-refractivity contribution is 0.184. The Morgan fingerprint density at radius 2 is 1.95 bits per heavy atom. The Kier molecular flexibility index (Phi) is 6.26. The van der Waals surface area contributed by atoms with Crippen LogP contribution in [0.1, 0.15) is 25.7 Å². The molecule has 0 radical (unpaired) electrons. The third-order valence-electron chi connectivity index (χ3n) is 3.81. The normalized spacial score (nSPS) is 16.2. The highest BCUT2D eigenvalue weighted by atomic mass is 19.1. The van der Waals surface area contributed by atoms with Crippen LogP contribution >= 0.6 is 0 Å². The van der Waals surface area contributed by atoms with Crippen LogP contribution < -0.4 is 15.4 Å². The van der Waals surface area contributed by atoms with E-state index in [-0.39, 0.29) is 11.9 Å². The van der Waals surface area contributed by atoms with Gasteiger partial charge in [0.2, 0.25) is 0 Å².